The summed E-state index contributed by atoms with van der Waals surface area (Å²) in [7, 11) is 2.40. The van der Waals surface area contributed by atoms with Crippen molar-refractivity contribution in [3.8, 4) is 11.5 Å². The maximum Gasteiger partial charge on any atom is 0.513 e. The number of methoxy groups -OCH3 is 2. The third-order valence-electron chi connectivity index (χ3n) is 6.22. The summed E-state index contributed by atoms with van der Waals surface area (Å²) < 4.78 is 33.4. The van der Waals surface area contributed by atoms with Crippen molar-refractivity contribution in [3.63, 3.8) is 0 Å². The van der Waals surface area contributed by atoms with Crippen LogP contribution in [0.2, 0.25) is 0 Å². The lowest BCUT2D eigenvalue weighted by Crippen LogP contribution is -2.45. The Kier molecular flexibility index (Phi) is 9.26. The zero-order valence-electron chi connectivity index (χ0n) is 24.5. The fourth-order valence-corrected chi connectivity index (χ4v) is 4.41. The van der Waals surface area contributed by atoms with E-state index < -0.39 is 35.7 Å². The molecule has 2 heterocycles. The second-order valence-electron chi connectivity index (χ2n) is 10.2. The Morgan fingerprint density at radius 3 is 1.43 bits per heavy atom. The minimum Gasteiger partial charge on any atom is -0.439 e. The number of aromatic nitrogens is 2. The van der Waals surface area contributed by atoms with Crippen molar-refractivity contribution < 1.29 is 47.6 Å². The average molecular weight is 609 g/mol. The second kappa shape index (κ2) is 12.9. The fourth-order valence-electron chi connectivity index (χ4n) is 4.41. The molecule has 4 rings (SSSR count). The van der Waals surface area contributed by atoms with Crippen LogP contribution in [0.3, 0.4) is 0 Å². The van der Waals surface area contributed by atoms with Crippen molar-refractivity contribution in [1.82, 2.24) is 9.13 Å². The van der Waals surface area contributed by atoms with Crippen molar-refractivity contribution in [2.24, 2.45) is 11.5 Å². The van der Waals surface area contributed by atoms with Crippen molar-refractivity contribution >= 4 is 46.1 Å². The molecule has 4 aromatic rings. The van der Waals surface area contributed by atoms with E-state index in [0.29, 0.717) is 11.0 Å². The summed E-state index contributed by atoms with van der Waals surface area (Å²) in [5.74, 6) is -1.25. The number of hydrogen-bond donors (Lipinski definition) is 2. The van der Waals surface area contributed by atoms with Crippen molar-refractivity contribution in [2.45, 2.75) is 38.4 Å². The summed E-state index contributed by atoms with van der Waals surface area (Å²) in [6.45, 7) is 3.08. The van der Waals surface area contributed by atoms with Gasteiger partial charge in [-0.2, -0.15) is 0 Å². The summed E-state index contributed by atoms with van der Waals surface area (Å²) >= 11 is 0. The van der Waals surface area contributed by atoms with Crippen molar-refractivity contribution in [1.29, 1.82) is 0 Å². The molecule has 0 fully saturated rings. The number of hydrogen-bond acceptors (Lipinski definition) is 12. The average Bonchev–Trinajstić information content (AvgIpc) is 3.53. The molecule has 0 aliphatic carbocycles. The zero-order chi connectivity index (χ0) is 32.1. The number of esters is 2. The Morgan fingerprint density at radius 1 is 0.682 bits per heavy atom. The molecule has 4 N–H and O–H groups in total. The van der Waals surface area contributed by atoms with Crippen LogP contribution in [-0.2, 0) is 41.6 Å². The van der Waals surface area contributed by atoms with Gasteiger partial charge >= 0.3 is 24.2 Å². The maximum absolute atomic E-state index is 12.5. The van der Waals surface area contributed by atoms with Crippen LogP contribution in [0.1, 0.15) is 13.8 Å². The summed E-state index contributed by atoms with van der Waals surface area (Å²) in [4.78, 5) is 47.9. The van der Waals surface area contributed by atoms with Gasteiger partial charge in [0.15, 0.2) is 11.4 Å². The zero-order valence-corrected chi connectivity index (χ0v) is 24.5. The first-order chi connectivity index (χ1) is 20.8. The lowest BCUT2D eigenvalue weighted by molar-refractivity contribution is -0.155. The van der Waals surface area contributed by atoms with E-state index in [1.807, 2.05) is 12.1 Å². The first-order valence-corrected chi connectivity index (χ1v) is 13.2. The molecule has 0 amide bonds. The van der Waals surface area contributed by atoms with E-state index in [9.17, 15) is 19.2 Å². The Labute approximate surface area is 251 Å². The Balaban J connectivity index is 1.35. The number of fused-ring (bicyclic) bond motifs is 2. The molecule has 0 aliphatic heterocycles. The van der Waals surface area contributed by atoms with Crippen LogP contribution in [-0.4, -0.2) is 59.1 Å². The quantitative estimate of drug-likeness (QED) is 0.0878. The molecule has 0 saturated heterocycles. The lowest BCUT2D eigenvalue weighted by Gasteiger charge is -2.26. The highest BCUT2D eigenvalue weighted by Gasteiger charge is 2.26. The van der Waals surface area contributed by atoms with E-state index >= 15 is 0 Å². The van der Waals surface area contributed by atoms with Gasteiger partial charge in [0, 0.05) is 36.7 Å². The van der Waals surface area contributed by atoms with E-state index in [2.05, 4.69) is 9.47 Å². The van der Waals surface area contributed by atoms with E-state index in [1.165, 1.54) is 28.1 Å². The smallest absolute Gasteiger partial charge is 0.439 e. The molecule has 0 spiro atoms. The summed E-state index contributed by atoms with van der Waals surface area (Å²) in [6.07, 6.45) is 3.53. The molecule has 2 atom stereocenters. The fraction of sp³-hybridized carbons (Fsp3) is 0.267. The van der Waals surface area contributed by atoms with Crippen LogP contribution >= 0.6 is 0 Å². The molecule has 44 heavy (non-hydrogen) atoms. The first-order valence-electron chi connectivity index (χ1n) is 13.2. The van der Waals surface area contributed by atoms with Gasteiger partial charge in [0.1, 0.15) is 11.5 Å². The van der Waals surface area contributed by atoms with Gasteiger partial charge in [-0.3, -0.25) is 11.5 Å². The van der Waals surface area contributed by atoms with E-state index in [4.69, 9.17) is 30.4 Å². The van der Waals surface area contributed by atoms with E-state index in [-0.39, 0.29) is 24.6 Å². The highest BCUT2D eigenvalue weighted by molar-refractivity contribution is 5.92. The summed E-state index contributed by atoms with van der Waals surface area (Å²) in [6, 6.07) is 13.6. The highest BCUT2D eigenvalue weighted by Crippen LogP contribution is 2.25. The van der Waals surface area contributed by atoms with Crippen LogP contribution in [0, 0.1) is 0 Å². The molecule has 0 radical (unpaired) electrons. The molecular formula is C30H32N4O10. The Morgan fingerprint density at radius 2 is 1.07 bits per heavy atom. The highest BCUT2D eigenvalue weighted by atomic mass is 16.7. The van der Waals surface area contributed by atoms with E-state index in [0.717, 1.165) is 22.9 Å². The maximum atomic E-state index is 12.5. The molecule has 0 aliphatic rings. The number of nitrogens with two attached hydrogens (primary N) is 2. The standard InChI is InChI=1S/C30H32N4O10/c1-29(31,17-33-13-11-19-5-7-21(15-23(19)33)41-27(37)39-3)43-25(35)9-10-26(36)44-30(2,32)18-34-14-12-20-6-8-22(16-24(20)34)42-28(38)40-4/h5-16H,17-18,31-32H2,1-4H3/b10-9-. The van der Waals surface area contributed by atoms with Crippen molar-refractivity contribution in [3.05, 3.63) is 73.1 Å². The number of rotatable bonds is 10. The largest absolute Gasteiger partial charge is 0.513 e. The molecular weight excluding hydrogens is 576 g/mol. The van der Waals surface area contributed by atoms with Gasteiger partial charge in [-0.25, -0.2) is 19.2 Å². The number of carbonyl (C=O) groups is 4. The van der Waals surface area contributed by atoms with Gasteiger partial charge in [-0.05, 0) is 61.0 Å². The number of ether oxygens (including phenoxy) is 6. The predicted molar refractivity (Wildman–Crippen MR) is 156 cm³/mol. The van der Waals surface area contributed by atoms with Gasteiger partial charge in [0.25, 0.3) is 0 Å². The molecule has 2 aromatic heterocycles. The minimum absolute atomic E-state index is 0.0419. The third kappa shape index (κ3) is 8.14. The summed E-state index contributed by atoms with van der Waals surface area (Å²) in [5.41, 5.74) is 10.9. The van der Waals surface area contributed by atoms with Crippen LogP contribution in [0.15, 0.2) is 73.1 Å². The normalized spacial score (nSPS) is 14.0. The Bertz CT molecular complexity index is 1610. The predicted octanol–water partition coefficient (Wildman–Crippen LogP) is 3.58. The van der Waals surface area contributed by atoms with Crippen LogP contribution < -0.4 is 20.9 Å². The van der Waals surface area contributed by atoms with Gasteiger partial charge in [0.2, 0.25) is 0 Å². The molecule has 0 saturated carbocycles. The number of nitrogens with zero attached hydrogens (tertiary/aromatic N) is 2. The van der Waals surface area contributed by atoms with Crippen LogP contribution in [0.5, 0.6) is 11.5 Å². The third-order valence-corrected chi connectivity index (χ3v) is 6.22. The van der Waals surface area contributed by atoms with Crippen LogP contribution in [0.4, 0.5) is 9.59 Å². The minimum atomic E-state index is -1.48. The van der Waals surface area contributed by atoms with Gasteiger partial charge in [-0.15, -0.1) is 0 Å². The number of benzene rings is 2. The number of carbonyl (C=O) groups excluding carboxylic acids is 4. The Hall–Kier alpha value is -5.34. The van der Waals surface area contributed by atoms with Gasteiger partial charge in [0.05, 0.1) is 38.3 Å². The van der Waals surface area contributed by atoms with Gasteiger partial charge < -0.3 is 37.6 Å². The topological polar surface area (TPSA) is 186 Å². The van der Waals surface area contributed by atoms with E-state index in [1.54, 1.807) is 57.9 Å². The monoisotopic (exact) mass is 608 g/mol. The molecule has 14 nitrogen and oxygen atoms in total. The molecule has 2 unspecified atom stereocenters. The molecule has 14 heteroatoms. The SMILES string of the molecule is COC(=O)Oc1ccc2ccn(CC(C)(N)OC(=O)/C=C\C(=O)OC(C)(N)Cn3ccc4ccc(OC(=O)OC)cc43)c2c1. The molecule has 0 bridgehead atoms. The van der Waals surface area contributed by atoms with Crippen molar-refractivity contribution in [2.75, 3.05) is 14.2 Å². The van der Waals surface area contributed by atoms with Gasteiger partial charge in [-0.1, -0.05) is 0 Å². The lowest BCUT2D eigenvalue weighted by atomic mass is 10.2. The molecule has 232 valence electrons. The summed E-state index contributed by atoms with van der Waals surface area (Å²) in [5, 5.41) is 1.67. The first kappa shape index (κ1) is 31.6. The molecule has 2 aromatic carbocycles. The second-order valence-corrected chi connectivity index (χ2v) is 10.2. The van der Waals surface area contributed by atoms with Crippen LogP contribution in [0.25, 0.3) is 21.8 Å².